The quantitative estimate of drug-likeness (QED) is 0.210. The van der Waals surface area contributed by atoms with Crippen molar-refractivity contribution >= 4 is 39.0 Å². The van der Waals surface area contributed by atoms with Gasteiger partial charge in [-0.15, -0.1) is 6.58 Å². The number of aromatic nitrogens is 2. The number of nitrogens with zero attached hydrogens (tertiary/aromatic N) is 3. The highest BCUT2D eigenvalue weighted by atomic mass is 79.9. The number of fused-ring (bicyclic) bond motifs is 1. The zero-order valence-electron chi connectivity index (χ0n) is 20.2. The summed E-state index contributed by atoms with van der Waals surface area (Å²) in [5, 5.41) is 4.92. The van der Waals surface area contributed by atoms with Crippen LogP contribution in [0.4, 0.5) is 0 Å². The van der Waals surface area contributed by atoms with E-state index < -0.39 is 12.1 Å². The minimum Gasteiger partial charge on any atom is -0.493 e. The van der Waals surface area contributed by atoms with Gasteiger partial charge in [0.25, 0.3) is 5.56 Å². The number of allylic oxidation sites excluding steroid dienone is 1. The average molecular weight is 542 g/mol. The minimum atomic E-state index is -0.819. The molecule has 1 heterocycles. The summed E-state index contributed by atoms with van der Waals surface area (Å²) in [6, 6.07) is 8.96. The number of carbonyl (C=O) groups excluding carboxylic acids is 1. The van der Waals surface area contributed by atoms with Crippen LogP contribution in [0.1, 0.15) is 37.7 Å². The second kappa shape index (κ2) is 11.8. The van der Waals surface area contributed by atoms with E-state index in [4.69, 9.17) is 14.2 Å². The molecule has 8 nitrogen and oxygen atoms in total. The Bertz CT molecular complexity index is 1330. The predicted molar refractivity (Wildman–Crippen MR) is 140 cm³/mol. The molecule has 0 aliphatic rings. The van der Waals surface area contributed by atoms with Crippen molar-refractivity contribution in [3.8, 4) is 11.5 Å². The van der Waals surface area contributed by atoms with Crippen molar-refractivity contribution in [3.63, 3.8) is 0 Å². The lowest BCUT2D eigenvalue weighted by molar-refractivity contribution is -0.150. The largest absolute Gasteiger partial charge is 0.493 e. The highest BCUT2D eigenvalue weighted by molar-refractivity contribution is 9.10. The van der Waals surface area contributed by atoms with Gasteiger partial charge in [-0.1, -0.05) is 28.9 Å². The van der Waals surface area contributed by atoms with E-state index in [9.17, 15) is 9.59 Å². The molecule has 9 heteroatoms. The van der Waals surface area contributed by atoms with E-state index in [2.05, 4.69) is 32.6 Å². The van der Waals surface area contributed by atoms with Crippen molar-refractivity contribution in [1.29, 1.82) is 0 Å². The van der Waals surface area contributed by atoms with E-state index in [0.29, 0.717) is 46.6 Å². The van der Waals surface area contributed by atoms with E-state index in [1.54, 1.807) is 44.3 Å². The number of carbonyl (C=O) groups is 1. The van der Waals surface area contributed by atoms with Gasteiger partial charge in [0, 0.05) is 16.5 Å². The molecule has 0 N–H and O–H groups in total. The Balaban J connectivity index is 2.05. The van der Waals surface area contributed by atoms with E-state index in [1.165, 1.54) is 11.8 Å². The SMILES string of the molecule is C=CCc1cc(C=Nn2c(CC)nc3ccc(Br)cc3c2=O)cc(OC)c1O[C@H](C)C(=O)OCC. The van der Waals surface area contributed by atoms with Gasteiger partial charge in [0.15, 0.2) is 17.6 Å². The fourth-order valence-electron chi connectivity index (χ4n) is 3.50. The van der Waals surface area contributed by atoms with Crippen LogP contribution in [0.3, 0.4) is 0 Å². The average Bonchev–Trinajstić information content (AvgIpc) is 2.85. The molecule has 1 aromatic heterocycles. The Morgan fingerprint density at radius 2 is 2.06 bits per heavy atom. The first-order valence-corrected chi connectivity index (χ1v) is 12.0. The predicted octanol–water partition coefficient (Wildman–Crippen LogP) is 4.67. The van der Waals surface area contributed by atoms with Gasteiger partial charge >= 0.3 is 5.97 Å². The van der Waals surface area contributed by atoms with Crippen molar-refractivity contribution in [2.24, 2.45) is 5.10 Å². The third kappa shape index (κ3) is 5.97. The Hall–Kier alpha value is -3.46. The number of methoxy groups -OCH3 is 1. The van der Waals surface area contributed by atoms with Gasteiger partial charge in [-0.25, -0.2) is 9.78 Å². The number of esters is 1. The number of ether oxygens (including phenoxy) is 3. The Morgan fingerprint density at radius 1 is 1.29 bits per heavy atom. The van der Waals surface area contributed by atoms with Gasteiger partial charge in [-0.05, 0) is 56.2 Å². The second-order valence-corrected chi connectivity index (χ2v) is 8.54. The molecule has 0 radical (unpaired) electrons. The molecule has 0 aliphatic carbocycles. The lowest BCUT2D eigenvalue weighted by Crippen LogP contribution is -2.26. The van der Waals surface area contributed by atoms with E-state index in [-0.39, 0.29) is 12.2 Å². The Labute approximate surface area is 212 Å². The molecule has 0 saturated heterocycles. The zero-order valence-corrected chi connectivity index (χ0v) is 21.8. The lowest BCUT2D eigenvalue weighted by atomic mass is 10.1. The number of rotatable bonds is 10. The van der Waals surface area contributed by atoms with Crippen LogP contribution in [0.25, 0.3) is 10.9 Å². The highest BCUT2D eigenvalue weighted by Crippen LogP contribution is 2.34. The number of hydrogen-bond donors (Lipinski definition) is 0. The van der Waals surface area contributed by atoms with Crippen LogP contribution >= 0.6 is 15.9 Å². The summed E-state index contributed by atoms with van der Waals surface area (Å²) in [6.45, 7) is 9.35. The van der Waals surface area contributed by atoms with Crippen LogP contribution < -0.4 is 15.0 Å². The summed E-state index contributed by atoms with van der Waals surface area (Å²) in [6.07, 6.45) is 3.47. The molecule has 0 unspecified atom stereocenters. The van der Waals surface area contributed by atoms with Crippen LogP contribution in [-0.4, -0.2) is 41.7 Å². The molecule has 0 aliphatic heterocycles. The van der Waals surface area contributed by atoms with Crippen molar-refractivity contribution in [1.82, 2.24) is 9.66 Å². The second-order valence-electron chi connectivity index (χ2n) is 7.62. The van der Waals surface area contributed by atoms with Crippen LogP contribution in [0.15, 0.2) is 57.4 Å². The molecule has 3 rings (SSSR count). The monoisotopic (exact) mass is 541 g/mol. The summed E-state index contributed by atoms with van der Waals surface area (Å²) in [4.78, 5) is 29.8. The molecule has 0 spiro atoms. The van der Waals surface area contributed by atoms with Crippen LogP contribution in [0.2, 0.25) is 0 Å². The van der Waals surface area contributed by atoms with E-state index >= 15 is 0 Å². The third-order valence-electron chi connectivity index (χ3n) is 5.17. The van der Waals surface area contributed by atoms with Crippen molar-refractivity contribution in [2.75, 3.05) is 13.7 Å². The number of benzene rings is 2. The zero-order chi connectivity index (χ0) is 25.5. The summed E-state index contributed by atoms with van der Waals surface area (Å²) >= 11 is 3.41. The van der Waals surface area contributed by atoms with Crippen LogP contribution in [-0.2, 0) is 22.4 Å². The summed E-state index contributed by atoms with van der Waals surface area (Å²) in [5.41, 5.74) is 1.79. The fourth-order valence-corrected chi connectivity index (χ4v) is 3.86. The highest BCUT2D eigenvalue weighted by Gasteiger charge is 2.21. The van der Waals surface area contributed by atoms with Crippen molar-refractivity contribution in [3.05, 3.63) is 74.8 Å². The number of halogens is 1. The molecule has 2 aromatic carbocycles. The topological polar surface area (TPSA) is 92.0 Å². The molecule has 0 fully saturated rings. The minimum absolute atomic E-state index is 0.258. The first-order chi connectivity index (χ1) is 16.8. The van der Waals surface area contributed by atoms with Gasteiger partial charge in [-0.2, -0.15) is 9.78 Å². The van der Waals surface area contributed by atoms with E-state index in [1.807, 2.05) is 19.1 Å². The summed E-state index contributed by atoms with van der Waals surface area (Å²) < 4.78 is 18.6. The van der Waals surface area contributed by atoms with Crippen molar-refractivity contribution in [2.45, 2.75) is 39.7 Å². The normalized spacial score (nSPS) is 12.0. The van der Waals surface area contributed by atoms with Gasteiger partial charge < -0.3 is 14.2 Å². The molecule has 0 amide bonds. The van der Waals surface area contributed by atoms with Gasteiger partial charge in [0.05, 0.1) is 30.8 Å². The van der Waals surface area contributed by atoms with Crippen LogP contribution in [0, 0.1) is 0 Å². The molecule has 3 aromatic rings. The smallest absolute Gasteiger partial charge is 0.347 e. The molecule has 184 valence electrons. The van der Waals surface area contributed by atoms with Crippen LogP contribution in [0.5, 0.6) is 11.5 Å². The number of aryl methyl sites for hydroxylation is 1. The van der Waals surface area contributed by atoms with Gasteiger partial charge in [0.1, 0.15) is 5.82 Å². The van der Waals surface area contributed by atoms with Gasteiger partial charge in [-0.3, -0.25) is 4.79 Å². The maximum absolute atomic E-state index is 13.2. The third-order valence-corrected chi connectivity index (χ3v) is 5.66. The Morgan fingerprint density at radius 3 is 2.71 bits per heavy atom. The summed E-state index contributed by atoms with van der Waals surface area (Å²) in [7, 11) is 1.51. The lowest BCUT2D eigenvalue weighted by Gasteiger charge is -2.19. The standard InChI is InChI=1S/C26H28BrN3O5/c1-6-9-18-12-17(13-22(33-5)24(18)35-16(4)26(32)34-8-3)15-28-30-23(7-2)29-21-11-10-19(27)14-20(21)25(30)31/h6,10-16H,1,7-9H2,2-5H3/t16-/m1/s1. The molecular formula is C26H28BrN3O5. The maximum atomic E-state index is 13.2. The van der Waals surface area contributed by atoms with Gasteiger partial charge in [0.2, 0.25) is 0 Å². The molecular weight excluding hydrogens is 514 g/mol. The first-order valence-electron chi connectivity index (χ1n) is 11.2. The molecule has 1 atom stereocenters. The Kier molecular flexibility index (Phi) is 8.81. The van der Waals surface area contributed by atoms with E-state index in [0.717, 1.165) is 10.0 Å². The fraction of sp³-hybridized carbons (Fsp3) is 0.308. The molecule has 0 saturated carbocycles. The number of hydrogen-bond acceptors (Lipinski definition) is 7. The molecule has 0 bridgehead atoms. The molecule has 35 heavy (non-hydrogen) atoms. The van der Waals surface area contributed by atoms with Crippen molar-refractivity contribution < 1.29 is 19.0 Å². The first kappa shape index (κ1) is 26.2. The maximum Gasteiger partial charge on any atom is 0.347 e. The summed E-state index contributed by atoms with van der Waals surface area (Å²) in [5.74, 6) is 0.925.